The first kappa shape index (κ1) is 20.7. The van der Waals surface area contributed by atoms with Gasteiger partial charge in [0.25, 0.3) is 5.91 Å². The second-order valence-electron chi connectivity index (χ2n) is 7.71. The molecule has 1 aliphatic heterocycles. The summed E-state index contributed by atoms with van der Waals surface area (Å²) >= 11 is 1.49. The summed E-state index contributed by atoms with van der Waals surface area (Å²) in [6.45, 7) is 1.08. The number of carbonyl (C=O) groups is 2. The van der Waals surface area contributed by atoms with Gasteiger partial charge < -0.3 is 20.5 Å². The fourth-order valence-electron chi connectivity index (χ4n) is 4.56. The van der Waals surface area contributed by atoms with E-state index in [1.807, 2.05) is 18.2 Å². The maximum Gasteiger partial charge on any atom is 0.251 e. The molecule has 0 unspecified atom stereocenters. The number of ether oxygens (including phenoxy) is 2. The molecule has 1 atom stereocenters. The Hall–Kier alpha value is -2.58. The van der Waals surface area contributed by atoms with Gasteiger partial charge in [-0.25, -0.2) is 0 Å². The van der Waals surface area contributed by atoms with Crippen molar-refractivity contribution in [3.8, 4) is 11.5 Å². The number of carbonyl (C=O) groups excluding carboxylic acids is 2. The molecule has 1 fully saturated rings. The average Bonchev–Trinajstić information content (AvgIpc) is 3.43. The van der Waals surface area contributed by atoms with E-state index in [0.29, 0.717) is 10.6 Å². The van der Waals surface area contributed by atoms with Gasteiger partial charge in [0, 0.05) is 22.5 Å². The minimum absolute atomic E-state index is 0.0977. The molecule has 1 saturated heterocycles. The highest BCUT2D eigenvalue weighted by Gasteiger charge is 2.31. The number of nitrogens with one attached hydrogen (secondary N) is 1. The van der Waals surface area contributed by atoms with E-state index in [9.17, 15) is 9.59 Å². The number of likely N-dealkylation sites (tertiary alicyclic amines) is 1. The zero-order valence-corrected chi connectivity index (χ0v) is 18.1. The Morgan fingerprint density at radius 3 is 2.80 bits per heavy atom. The summed E-state index contributed by atoms with van der Waals surface area (Å²) in [5.74, 6) is 0.906. The highest BCUT2D eigenvalue weighted by molar-refractivity contribution is 7.17. The van der Waals surface area contributed by atoms with Gasteiger partial charge in [-0.05, 0) is 50.3 Å². The molecule has 0 spiro atoms. The van der Waals surface area contributed by atoms with Crippen molar-refractivity contribution in [1.29, 1.82) is 0 Å². The highest BCUT2D eigenvalue weighted by Crippen LogP contribution is 2.40. The smallest absolute Gasteiger partial charge is 0.251 e. The van der Waals surface area contributed by atoms with Crippen molar-refractivity contribution in [3.63, 3.8) is 0 Å². The lowest BCUT2D eigenvalue weighted by Crippen LogP contribution is -2.33. The number of nitrogens with two attached hydrogens (primary N) is 1. The standard InChI is InChI=1S/C22H27N3O4S/c1-28-13-8-9-14(17(11-13)29-2)16-6-4-10-25(16)12-19(26)24-22-20(21(23)27)15-5-3-7-18(15)30-22/h8-9,11,16H,3-7,10,12H2,1-2H3,(H2,23,27)(H,24,26)/t16-/m1/s1. The van der Waals surface area contributed by atoms with Crippen LogP contribution in [0.5, 0.6) is 11.5 Å². The van der Waals surface area contributed by atoms with Crippen LogP contribution in [-0.2, 0) is 17.6 Å². The molecule has 160 valence electrons. The van der Waals surface area contributed by atoms with Gasteiger partial charge in [0.15, 0.2) is 0 Å². The highest BCUT2D eigenvalue weighted by atomic mass is 32.1. The molecule has 3 N–H and O–H groups in total. The Balaban J connectivity index is 1.49. The Morgan fingerprint density at radius 1 is 1.23 bits per heavy atom. The third-order valence-corrected chi connectivity index (χ3v) is 7.14. The molecule has 2 heterocycles. The fourth-order valence-corrected chi connectivity index (χ4v) is 5.88. The lowest BCUT2D eigenvalue weighted by Gasteiger charge is -2.25. The number of amides is 2. The van der Waals surface area contributed by atoms with Crippen LogP contribution in [0.1, 0.15) is 51.7 Å². The second kappa shape index (κ2) is 8.65. The van der Waals surface area contributed by atoms with Gasteiger partial charge >= 0.3 is 0 Å². The van der Waals surface area contributed by atoms with Crippen LogP contribution < -0.4 is 20.5 Å². The molecule has 1 aliphatic carbocycles. The predicted molar refractivity (Wildman–Crippen MR) is 117 cm³/mol. The molecule has 1 aromatic carbocycles. The van der Waals surface area contributed by atoms with Crippen LogP contribution >= 0.6 is 11.3 Å². The van der Waals surface area contributed by atoms with Gasteiger partial charge in [-0.2, -0.15) is 0 Å². The number of primary amides is 1. The van der Waals surface area contributed by atoms with E-state index >= 15 is 0 Å². The third-order valence-electron chi connectivity index (χ3n) is 5.93. The number of aryl methyl sites for hydroxylation is 1. The summed E-state index contributed by atoms with van der Waals surface area (Å²) in [7, 11) is 3.27. The number of anilines is 1. The molecular weight excluding hydrogens is 402 g/mol. The van der Waals surface area contributed by atoms with Crippen molar-refractivity contribution in [2.45, 2.75) is 38.1 Å². The molecule has 2 aliphatic rings. The number of nitrogens with zero attached hydrogens (tertiary/aromatic N) is 1. The van der Waals surface area contributed by atoms with E-state index in [1.165, 1.54) is 16.2 Å². The molecule has 1 aromatic heterocycles. The van der Waals surface area contributed by atoms with Crippen LogP contribution in [-0.4, -0.2) is 44.0 Å². The average molecular weight is 430 g/mol. The van der Waals surface area contributed by atoms with Crippen LogP contribution in [0.25, 0.3) is 0 Å². The Morgan fingerprint density at radius 2 is 2.07 bits per heavy atom. The largest absolute Gasteiger partial charge is 0.497 e. The molecule has 8 heteroatoms. The van der Waals surface area contributed by atoms with Gasteiger partial charge in [-0.1, -0.05) is 6.07 Å². The predicted octanol–water partition coefficient (Wildman–Crippen LogP) is 3.13. The summed E-state index contributed by atoms with van der Waals surface area (Å²) in [6, 6.07) is 5.90. The van der Waals surface area contributed by atoms with E-state index in [-0.39, 0.29) is 18.5 Å². The fraction of sp³-hybridized carbons (Fsp3) is 0.455. The molecule has 0 bridgehead atoms. The van der Waals surface area contributed by atoms with Gasteiger partial charge in [0.05, 0.1) is 26.3 Å². The molecule has 2 amide bonds. The van der Waals surface area contributed by atoms with Crippen LogP contribution in [0, 0.1) is 0 Å². The monoisotopic (exact) mass is 429 g/mol. The van der Waals surface area contributed by atoms with Crippen molar-refractivity contribution < 1.29 is 19.1 Å². The molecule has 4 rings (SSSR count). The zero-order chi connectivity index (χ0) is 21.3. The summed E-state index contributed by atoms with van der Waals surface area (Å²) in [5, 5.41) is 3.55. The van der Waals surface area contributed by atoms with Crippen LogP contribution in [0.3, 0.4) is 0 Å². The van der Waals surface area contributed by atoms with E-state index in [1.54, 1.807) is 14.2 Å². The number of hydrogen-bond donors (Lipinski definition) is 2. The normalized spacial score (nSPS) is 18.3. The lowest BCUT2D eigenvalue weighted by atomic mass is 10.0. The van der Waals surface area contributed by atoms with Crippen LogP contribution in [0.2, 0.25) is 0 Å². The van der Waals surface area contributed by atoms with Gasteiger partial charge in [0.2, 0.25) is 5.91 Å². The van der Waals surface area contributed by atoms with Crippen LogP contribution in [0.4, 0.5) is 5.00 Å². The van der Waals surface area contributed by atoms with E-state index in [2.05, 4.69) is 10.2 Å². The summed E-state index contributed by atoms with van der Waals surface area (Å²) in [5.41, 5.74) is 8.17. The number of benzene rings is 1. The van der Waals surface area contributed by atoms with E-state index < -0.39 is 5.91 Å². The van der Waals surface area contributed by atoms with E-state index in [0.717, 1.165) is 61.3 Å². The topological polar surface area (TPSA) is 93.9 Å². The molecule has 0 saturated carbocycles. The van der Waals surface area contributed by atoms with Gasteiger partial charge in [-0.3, -0.25) is 14.5 Å². The number of methoxy groups -OCH3 is 2. The minimum Gasteiger partial charge on any atom is -0.497 e. The Kier molecular flexibility index (Phi) is 5.97. The van der Waals surface area contributed by atoms with Crippen molar-refractivity contribution in [3.05, 3.63) is 39.8 Å². The number of hydrogen-bond acceptors (Lipinski definition) is 6. The maximum absolute atomic E-state index is 12.9. The third kappa shape index (κ3) is 3.89. The minimum atomic E-state index is -0.466. The number of thiophene rings is 1. The zero-order valence-electron chi connectivity index (χ0n) is 17.3. The second-order valence-corrected chi connectivity index (χ2v) is 8.82. The molecular formula is C22H27N3O4S. The summed E-state index contributed by atoms with van der Waals surface area (Å²) in [6.07, 6.45) is 4.80. The number of rotatable bonds is 7. The Labute approximate surface area is 180 Å². The Bertz CT molecular complexity index is 972. The van der Waals surface area contributed by atoms with Gasteiger partial charge in [-0.15, -0.1) is 11.3 Å². The first-order valence-corrected chi connectivity index (χ1v) is 11.0. The van der Waals surface area contributed by atoms with Gasteiger partial charge in [0.1, 0.15) is 16.5 Å². The molecule has 7 nitrogen and oxygen atoms in total. The van der Waals surface area contributed by atoms with E-state index in [4.69, 9.17) is 15.2 Å². The SMILES string of the molecule is COc1ccc([C@H]2CCCN2CC(=O)Nc2sc3c(c2C(N)=O)CCC3)c(OC)c1. The quantitative estimate of drug-likeness (QED) is 0.705. The molecule has 30 heavy (non-hydrogen) atoms. The van der Waals surface area contributed by atoms with Crippen molar-refractivity contribution in [2.24, 2.45) is 5.73 Å². The summed E-state index contributed by atoms with van der Waals surface area (Å²) in [4.78, 5) is 28.1. The molecule has 2 aromatic rings. The first-order chi connectivity index (χ1) is 14.5. The van der Waals surface area contributed by atoms with Crippen molar-refractivity contribution in [1.82, 2.24) is 4.90 Å². The maximum atomic E-state index is 12.9. The molecule has 0 radical (unpaired) electrons. The van der Waals surface area contributed by atoms with Crippen molar-refractivity contribution >= 4 is 28.2 Å². The van der Waals surface area contributed by atoms with Crippen molar-refractivity contribution in [2.75, 3.05) is 32.6 Å². The lowest BCUT2D eigenvalue weighted by molar-refractivity contribution is -0.117. The van der Waals surface area contributed by atoms with Crippen LogP contribution in [0.15, 0.2) is 18.2 Å². The number of fused-ring (bicyclic) bond motifs is 1. The first-order valence-electron chi connectivity index (χ1n) is 10.2. The summed E-state index contributed by atoms with van der Waals surface area (Å²) < 4.78 is 10.9.